The second kappa shape index (κ2) is 11.4. The number of unbranched alkanes of at least 4 members (excludes halogenated alkanes) is 1. The summed E-state index contributed by atoms with van der Waals surface area (Å²) in [5.74, 6) is 0. The molecule has 0 aromatic heterocycles. The van der Waals surface area contributed by atoms with Crippen LogP contribution in [-0.4, -0.2) is 0 Å². The highest BCUT2D eigenvalue weighted by molar-refractivity contribution is 5.95. The molecule has 0 fully saturated rings. The minimum absolute atomic E-state index is 0.416. The van der Waals surface area contributed by atoms with Gasteiger partial charge in [0, 0.05) is 11.8 Å². The topological polar surface area (TPSA) is 75.8 Å². The van der Waals surface area contributed by atoms with Gasteiger partial charge in [0.2, 0.25) is 0 Å². The Morgan fingerprint density at radius 1 is 0.900 bits per heavy atom. The average Bonchev–Trinajstić information content (AvgIpc) is 3.42. The maximum absolute atomic E-state index is 9.18. The molecule has 0 heterocycles. The summed E-state index contributed by atoms with van der Waals surface area (Å²) in [6.45, 7) is 6.17. The van der Waals surface area contributed by atoms with Gasteiger partial charge in [-0.15, -0.1) is 0 Å². The van der Waals surface area contributed by atoms with E-state index in [4.69, 9.17) is 11.5 Å². The van der Waals surface area contributed by atoms with E-state index in [1.54, 1.807) is 12.3 Å². The Labute approximate surface area is 237 Å². The van der Waals surface area contributed by atoms with Crippen LogP contribution in [0, 0.1) is 11.3 Å². The fraction of sp³-hybridized carbons (Fsp3) is 0.108. The molecule has 196 valence electrons. The largest absolute Gasteiger partial charge is 0.405 e. The van der Waals surface area contributed by atoms with Crippen molar-refractivity contribution in [2.75, 3.05) is 0 Å². The van der Waals surface area contributed by atoms with E-state index >= 15 is 0 Å². The second-order valence-corrected chi connectivity index (χ2v) is 9.97. The number of benzene rings is 3. The first-order valence-electron chi connectivity index (χ1n) is 13.5. The Balaban J connectivity index is 1.61. The van der Waals surface area contributed by atoms with Gasteiger partial charge in [0.15, 0.2) is 0 Å². The van der Waals surface area contributed by atoms with E-state index in [9.17, 15) is 5.26 Å². The van der Waals surface area contributed by atoms with E-state index in [1.165, 1.54) is 50.7 Å². The Morgan fingerprint density at radius 2 is 1.60 bits per heavy atom. The quantitative estimate of drug-likeness (QED) is 0.179. The first kappa shape index (κ1) is 26.5. The highest BCUT2D eigenvalue weighted by Gasteiger charge is 2.51. The lowest BCUT2D eigenvalue weighted by molar-refractivity contribution is 0.785. The van der Waals surface area contributed by atoms with Crippen LogP contribution in [0.25, 0.3) is 22.3 Å². The van der Waals surface area contributed by atoms with Crippen LogP contribution in [0.2, 0.25) is 0 Å². The summed E-state index contributed by atoms with van der Waals surface area (Å²) < 4.78 is 0. The van der Waals surface area contributed by atoms with Gasteiger partial charge in [0.25, 0.3) is 0 Å². The second-order valence-electron chi connectivity index (χ2n) is 9.97. The number of nitrogens with zero attached hydrogens (tertiary/aromatic N) is 1. The predicted octanol–water partition coefficient (Wildman–Crippen LogP) is 8.09. The van der Waals surface area contributed by atoms with Crippen molar-refractivity contribution in [1.29, 1.82) is 5.26 Å². The Hall–Kier alpha value is -5.07. The molecule has 3 aromatic carbocycles. The number of rotatable bonds is 8. The van der Waals surface area contributed by atoms with Crippen molar-refractivity contribution in [3.63, 3.8) is 0 Å². The zero-order valence-electron chi connectivity index (χ0n) is 22.8. The molecule has 5 rings (SSSR count). The van der Waals surface area contributed by atoms with Crippen LogP contribution in [0.1, 0.15) is 47.6 Å². The third kappa shape index (κ3) is 4.25. The van der Waals surface area contributed by atoms with Gasteiger partial charge in [-0.25, -0.2) is 0 Å². The van der Waals surface area contributed by atoms with Gasteiger partial charge in [0.1, 0.15) is 0 Å². The van der Waals surface area contributed by atoms with Crippen molar-refractivity contribution in [1.82, 2.24) is 0 Å². The van der Waals surface area contributed by atoms with Gasteiger partial charge in [-0.05, 0) is 93.8 Å². The molecule has 0 atom stereocenters. The van der Waals surface area contributed by atoms with Crippen molar-refractivity contribution in [3.05, 3.63) is 167 Å². The molecule has 0 saturated heterocycles. The molecule has 0 unspecified atom stereocenters. The average molecular weight is 520 g/mol. The van der Waals surface area contributed by atoms with Gasteiger partial charge in [0.05, 0.1) is 11.5 Å². The van der Waals surface area contributed by atoms with Crippen LogP contribution in [0.5, 0.6) is 0 Å². The minimum Gasteiger partial charge on any atom is -0.405 e. The maximum atomic E-state index is 9.18. The van der Waals surface area contributed by atoms with Gasteiger partial charge in [-0.1, -0.05) is 104 Å². The zero-order valence-corrected chi connectivity index (χ0v) is 22.8. The summed E-state index contributed by atoms with van der Waals surface area (Å²) in [5, 5.41) is 9.18. The number of hydrogen-bond donors (Lipinski definition) is 2. The number of nitrogens with two attached hydrogens (primary N) is 2. The molecule has 1 spiro atoms. The fourth-order valence-corrected chi connectivity index (χ4v) is 6.21. The summed E-state index contributed by atoms with van der Waals surface area (Å²) in [6, 6.07) is 26.4. The molecule has 0 saturated carbocycles. The first-order valence-corrected chi connectivity index (χ1v) is 13.5. The van der Waals surface area contributed by atoms with Crippen molar-refractivity contribution in [3.8, 4) is 17.2 Å². The van der Waals surface area contributed by atoms with Gasteiger partial charge in [-0.2, -0.15) is 5.26 Å². The first-order chi connectivity index (χ1) is 19.6. The lowest BCUT2D eigenvalue weighted by Gasteiger charge is -2.32. The molecule has 4 N–H and O–H groups in total. The van der Waals surface area contributed by atoms with Crippen LogP contribution in [0.3, 0.4) is 0 Å². The summed E-state index contributed by atoms with van der Waals surface area (Å²) in [6.07, 6.45) is 18.4. The fourth-order valence-electron chi connectivity index (χ4n) is 6.21. The number of nitriles is 1. The van der Waals surface area contributed by atoms with Gasteiger partial charge < -0.3 is 11.5 Å². The number of fused-ring (bicyclic) bond motifs is 7. The molecule has 3 nitrogen and oxygen atoms in total. The summed E-state index contributed by atoms with van der Waals surface area (Å²) >= 11 is 0. The monoisotopic (exact) mass is 519 g/mol. The summed E-state index contributed by atoms with van der Waals surface area (Å²) in [4.78, 5) is 0. The van der Waals surface area contributed by atoms with E-state index in [0.717, 1.165) is 24.0 Å². The van der Waals surface area contributed by atoms with E-state index in [1.807, 2.05) is 18.2 Å². The van der Waals surface area contributed by atoms with Crippen LogP contribution >= 0.6 is 0 Å². The van der Waals surface area contributed by atoms with Crippen LogP contribution in [-0.2, 0) is 5.41 Å². The molecule has 0 bridgehead atoms. The number of allylic oxidation sites excluding steroid dienone is 11. The molecule has 0 amide bonds. The molecule has 3 aromatic rings. The van der Waals surface area contributed by atoms with Crippen molar-refractivity contribution in [2.45, 2.75) is 25.2 Å². The van der Waals surface area contributed by atoms with Gasteiger partial charge >= 0.3 is 0 Å². The summed E-state index contributed by atoms with van der Waals surface area (Å²) in [5.41, 5.74) is 24.0. The third-order valence-electron chi connectivity index (χ3n) is 7.90. The smallest absolute Gasteiger partial charge is 0.0988 e. The number of hydrogen-bond acceptors (Lipinski definition) is 3. The summed E-state index contributed by atoms with van der Waals surface area (Å²) in [7, 11) is 0. The standard InChI is InChI=1S/C37H33N3/c1-3-4-16-33-26(2)30-20-19-28(29(25-40)13-7-5-6-12-27(24-39)21-22-38)23-36(30)37(33)34-17-10-8-14-31(34)32-15-9-11-18-35(32)37/h3-4,7-23,25H,1,5-6,38,40H2,2H3/b13-7-,16-4-,22-21-,27-12+,29-25+. The molecule has 0 aliphatic heterocycles. The van der Waals surface area contributed by atoms with Crippen molar-refractivity contribution < 1.29 is 0 Å². The van der Waals surface area contributed by atoms with Crippen molar-refractivity contribution in [2.24, 2.45) is 11.5 Å². The minimum atomic E-state index is -0.416. The maximum Gasteiger partial charge on any atom is 0.0988 e. The zero-order chi connectivity index (χ0) is 28.1. The highest BCUT2D eigenvalue weighted by Crippen LogP contribution is 2.62. The molecule has 2 aliphatic carbocycles. The van der Waals surface area contributed by atoms with E-state index in [0.29, 0.717) is 5.57 Å². The normalized spacial score (nSPS) is 15.7. The molecule has 40 heavy (non-hydrogen) atoms. The lowest BCUT2D eigenvalue weighted by Crippen LogP contribution is -2.27. The highest BCUT2D eigenvalue weighted by atomic mass is 14.5. The Bertz CT molecular complexity index is 1650. The molecule has 2 aliphatic rings. The molecular weight excluding hydrogens is 486 g/mol. The van der Waals surface area contributed by atoms with E-state index in [-0.39, 0.29) is 0 Å². The van der Waals surface area contributed by atoms with E-state index in [2.05, 4.69) is 105 Å². The van der Waals surface area contributed by atoms with Crippen LogP contribution in [0.15, 0.2) is 139 Å². The lowest BCUT2D eigenvalue weighted by atomic mass is 9.69. The van der Waals surface area contributed by atoms with Gasteiger partial charge in [-0.3, -0.25) is 0 Å². The molecule has 3 heteroatoms. The Kier molecular flexibility index (Phi) is 7.53. The SMILES string of the molecule is C=C/C=C\C1=C(C)c2ccc(C(/C=C\CC/C=C(C#N)\C=C/N)=C/N)cc2C12c1ccccc1-c1ccccc12. The van der Waals surface area contributed by atoms with Crippen LogP contribution in [0.4, 0.5) is 0 Å². The molecular formula is C37H33N3. The van der Waals surface area contributed by atoms with Crippen LogP contribution < -0.4 is 11.5 Å². The Morgan fingerprint density at radius 3 is 2.23 bits per heavy atom. The predicted molar refractivity (Wildman–Crippen MR) is 168 cm³/mol. The molecule has 0 radical (unpaired) electrons. The van der Waals surface area contributed by atoms with E-state index < -0.39 is 5.41 Å². The third-order valence-corrected chi connectivity index (χ3v) is 7.90. The van der Waals surface area contributed by atoms with Crippen molar-refractivity contribution >= 4 is 11.1 Å².